The number of alkyl halides is 3. The molecule has 1 aliphatic heterocycles. The summed E-state index contributed by atoms with van der Waals surface area (Å²) in [6, 6.07) is 8.20. The highest BCUT2D eigenvalue weighted by molar-refractivity contribution is 6.06. The molecule has 228 valence electrons. The zero-order valence-corrected chi connectivity index (χ0v) is 23.6. The highest BCUT2D eigenvalue weighted by Crippen LogP contribution is 2.39. The number of hydrogen-bond donors (Lipinski definition) is 3. The number of carbonyl (C=O) groups is 2. The molecule has 3 aromatic heterocycles. The van der Waals surface area contributed by atoms with E-state index < -0.39 is 17.6 Å². The number of nitrogens with zero attached hydrogens (tertiary/aromatic N) is 4. The summed E-state index contributed by atoms with van der Waals surface area (Å²) in [7, 11) is 0. The molecule has 6 rings (SSSR count). The van der Waals surface area contributed by atoms with Crippen LogP contribution in [0.15, 0.2) is 54.9 Å². The molecule has 10 nitrogen and oxygen atoms in total. The van der Waals surface area contributed by atoms with E-state index in [0.717, 1.165) is 42.3 Å². The average Bonchev–Trinajstić information content (AvgIpc) is 3.62. The van der Waals surface area contributed by atoms with E-state index >= 15 is 0 Å². The van der Waals surface area contributed by atoms with Gasteiger partial charge in [-0.25, -0.2) is 9.97 Å². The van der Waals surface area contributed by atoms with Crippen molar-refractivity contribution in [2.75, 3.05) is 24.3 Å². The van der Waals surface area contributed by atoms with Crippen molar-refractivity contribution in [2.45, 2.75) is 50.4 Å². The summed E-state index contributed by atoms with van der Waals surface area (Å²) in [5.74, 6) is -0.542. The van der Waals surface area contributed by atoms with Crippen LogP contribution in [0.5, 0.6) is 0 Å². The van der Waals surface area contributed by atoms with Crippen molar-refractivity contribution in [3.8, 4) is 11.3 Å². The van der Waals surface area contributed by atoms with Crippen molar-refractivity contribution in [1.29, 1.82) is 0 Å². The molecule has 0 saturated heterocycles. The molecule has 1 aromatic carbocycles. The Balaban J connectivity index is 1.34. The van der Waals surface area contributed by atoms with E-state index in [1.54, 1.807) is 30.5 Å². The molecule has 2 amide bonds. The maximum atomic E-state index is 13.1. The number of hydrogen-bond acceptors (Lipinski definition) is 7. The highest BCUT2D eigenvalue weighted by Gasteiger charge is 2.32. The van der Waals surface area contributed by atoms with Crippen LogP contribution in [0.1, 0.15) is 59.6 Å². The summed E-state index contributed by atoms with van der Waals surface area (Å²) in [5, 5.41) is 11.2. The van der Waals surface area contributed by atoms with Crippen molar-refractivity contribution >= 4 is 40.4 Å². The Labute approximate surface area is 250 Å². The van der Waals surface area contributed by atoms with Gasteiger partial charge in [-0.3, -0.25) is 14.3 Å². The standard InChI is InChI=1S/C31H30F3N7O3/c32-31(33,34)21-10-12-36-24(15-21)39-30(43)19-6-4-18(5-7-19)27-26-28-20(17-37-29(26)35)3-1-2-13-44-14-11-25(42)38-22-8-9-23(16-22)41(28)40-27/h1,3-7,10,12,15,17,22-23H,2,8-9,11,13-14,16H2,(H2,35,37)(H,38,42)(H,36,39,43)/b3-1+/t22-,23-/m1/s1. The number of pyridine rings is 2. The fraction of sp³-hybridized carbons (Fsp3) is 0.323. The highest BCUT2D eigenvalue weighted by atomic mass is 19.4. The smallest absolute Gasteiger partial charge is 0.383 e. The van der Waals surface area contributed by atoms with E-state index in [4.69, 9.17) is 15.6 Å². The van der Waals surface area contributed by atoms with E-state index in [1.807, 2.05) is 16.8 Å². The summed E-state index contributed by atoms with van der Waals surface area (Å²) >= 11 is 0. The Kier molecular flexibility index (Phi) is 8.04. The molecule has 2 aliphatic rings. The van der Waals surface area contributed by atoms with Crippen LogP contribution in [0, 0.1) is 0 Å². The van der Waals surface area contributed by atoms with E-state index in [9.17, 15) is 22.8 Å². The third-order valence-electron chi connectivity index (χ3n) is 7.85. The fourth-order valence-electron chi connectivity index (χ4n) is 5.69. The molecule has 1 aliphatic carbocycles. The molecule has 4 heterocycles. The van der Waals surface area contributed by atoms with Crippen molar-refractivity contribution in [3.05, 3.63) is 71.6 Å². The third-order valence-corrected chi connectivity index (χ3v) is 7.85. The molecular weight excluding hydrogens is 575 g/mol. The number of halogens is 3. The van der Waals surface area contributed by atoms with E-state index in [-0.39, 0.29) is 29.4 Å². The zero-order chi connectivity index (χ0) is 30.8. The number of ether oxygens (including phenoxy) is 1. The lowest BCUT2D eigenvalue weighted by atomic mass is 10.0. The van der Waals surface area contributed by atoms with Gasteiger partial charge in [-0.05, 0) is 49.9 Å². The topological polar surface area (TPSA) is 137 Å². The lowest BCUT2D eigenvalue weighted by Crippen LogP contribution is -2.33. The largest absolute Gasteiger partial charge is 0.416 e. The van der Waals surface area contributed by atoms with Crippen LogP contribution >= 0.6 is 0 Å². The Bertz CT molecular complexity index is 1730. The number of benzene rings is 1. The van der Waals surface area contributed by atoms with Crippen LogP contribution in [-0.4, -0.2) is 50.8 Å². The summed E-state index contributed by atoms with van der Waals surface area (Å²) in [6.07, 6.45) is 5.42. The van der Waals surface area contributed by atoms with Crippen molar-refractivity contribution < 1.29 is 27.5 Å². The van der Waals surface area contributed by atoms with Crippen LogP contribution in [0.3, 0.4) is 0 Å². The van der Waals surface area contributed by atoms with Crippen molar-refractivity contribution in [1.82, 2.24) is 25.1 Å². The molecule has 2 bridgehead atoms. The van der Waals surface area contributed by atoms with Gasteiger partial charge in [0.15, 0.2) is 0 Å². The van der Waals surface area contributed by atoms with Crippen LogP contribution in [-0.2, 0) is 15.7 Å². The summed E-state index contributed by atoms with van der Waals surface area (Å²) in [5.41, 5.74) is 8.71. The van der Waals surface area contributed by atoms with Crippen molar-refractivity contribution in [3.63, 3.8) is 0 Å². The van der Waals surface area contributed by atoms with Gasteiger partial charge in [-0.2, -0.15) is 18.3 Å². The Morgan fingerprint density at radius 3 is 2.73 bits per heavy atom. The molecule has 0 spiro atoms. The Morgan fingerprint density at radius 1 is 1.11 bits per heavy atom. The second-order valence-corrected chi connectivity index (χ2v) is 10.9. The summed E-state index contributed by atoms with van der Waals surface area (Å²) < 4.78 is 46.8. The summed E-state index contributed by atoms with van der Waals surface area (Å²) in [6.45, 7) is 0.854. The van der Waals surface area contributed by atoms with Crippen LogP contribution in [0.25, 0.3) is 28.2 Å². The van der Waals surface area contributed by atoms with E-state index in [2.05, 4.69) is 20.6 Å². The maximum Gasteiger partial charge on any atom is 0.416 e. The van der Waals surface area contributed by atoms with Gasteiger partial charge in [0.05, 0.1) is 35.7 Å². The number of nitrogens with one attached hydrogen (secondary N) is 2. The molecule has 4 aromatic rings. The molecule has 1 fully saturated rings. The van der Waals surface area contributed by atoms with Gasteiger partial charge in [0.2, 0.25) is 5.91 Å². The lowest BCUT2D eigenvalue weighted by molar-refractivity contribution is -0.137. The third kappa shape index (κ3) is 6.13. The molecule has 4 N–H and O–H groups in total. The molecule has 13 heteroatoms. The number of rotatable bonds is 3. The molecule has 0 unspecified atom stereocenters. The molecule has 1 saturated carbocycles. The minimum atomic E-state index is -4.56. The first kappa shape index (κ1) is 29.3. The Hall–Kier alpha value is -4.78. The van der Waals surface area contributed by atoms with Gasteiger partial charge < -0.3 is 21.1 Å². The quantitative estimate of drug-likeness (QED) is 0.285. The predicted molar refractivity (Wildman–Crippen MR) is 158 cm³/mol. The van der Waals surface area contributed by atoms with E-state index in [0.29, 0.717) is 54.9 Å². The number of fused-ring (bicyclic) bond motifs is 3. The Morgan fingerprint density at radius 2 is 1.93 bits per heavy atom. The molecule has 0 radical (unpaired) electrons. The minimum Gasteiger partial charge on any atom is -0.383 e. The monoisotopic (exact) mass is 605 g/mol. The van der Waals surface area contributed by atoms with E-state index in [1.165, 1.54) is 0 Å². The lowest BCUT2D eigenvalue weighted by Gasteiger charge is -2.15. The average molecular weight is 606 g/mol. The number of anilines is 2. The first-order valence-electron chi connectivity index (χ1n) is 14.3. The van der Waals surface area contributed by atoms with Gasteiger partial charge in [0.25, 0.3) is 5.91 Å². The molecular formula is C31H30F3N7O3. The first-order chi connectivity index (χ1) is 21.2. The summed E-state index contributed by atoms with van der Waals surface area (Å²) in [4.78, 5) is 33.6. The van der Waals surface area contributed by atoms with Crippen LogP contribution < -0.4 is 16.4 Å². The predicted octanol–water partition coefficient (Wildman–Crippen LogP) is 5.38. The molecule has 44 heavy (non-hydrogen) atoms. The number of amides is 2. The number of aromatic nitrogens is 4. The zero-order valence-electron chi connectivity index (χ0n) is 23.6. The fourth-order valence-corrected chi connectivity index (χ4v) is 5.69. The normalized spacial score (nSPS) is 20.0. The number of nitrogen functional groups attached to an aromatic ring is 1. The first-order valence-corrected chi connectivity index (χ1v) is 14.3. The maximum absolute atomic E-state index is 13.1. The van der Waals surface area contributed by atoms with Gasteiger partial charge in [-0.15, -0.1) is 0 Å². The van der Waals surface area contributed by atoms with Gasteiger partial charge in [-0.1, -0.05) is 24.3 Å². The number of carbonyl (C=O) groups excluding carboxylic acids is 2. The van der Waals surface area contributed by atoms with Gasteiger partial charge in [0.1, 0.15) is 17.3 Å². The minimum absolute atomic E-state index is 0.0110. The van der Waals surface area contributed by atoms with Crippen molar-refractivity contribution in [2.24, 2.45) is 0 Å². The second-order valence-electron chi connectivity index (χ2n) is 10.9. The van der Waals surface area contributed by atoms with Gasteiger partial charge >= 0.3 is 6.18 Å². The van der Waals surface area contributed by atoms with Crippen LogP contribution in [0.4, 0.5) is 24.8 Å². The SMILES string of the molecule is Nc1ncc2c3c1c(-c1ccc(C(=O)Nc4cc(C(F)(F)F)ccn4)cc1)nn3[C@@H]1CC[C@H](C1)NC(=O)CCOCC/C=C/2. The second kappa shape index (κ2) is 12.1. The van der Waals surface area contributed by atoms with Crippen LogP contribution in [0.2, 0.25) is 0 Å². The number of nitrogens with two attached hydrogens (primary N) is 1. The molecule has 2 atom stereocenters. The van der Waals surface area contributed by atoms with Gasteiger partial charge in [0, 0.05) is 41.5 Å².